The van der Waals surface area contributed by atoms with Gasteiger partial charge in [-0.1, -0.05) is 20.3 Å². The van der Waals surface area contributed by atoms with Crippen LogP contribution in [0.2, 0.25) is 0 Å². The molecule has 2 heteroatoms. The van der Waals surface area contributed by atoms with Crippen molar-refractivity contribution in [1.29, 1.82) is 0 Å². The first-order chi connectivity index (χ1) is 6.20. The fourth-order valence-electron chi connectivity index (χ4n) is 1.68. The molecule has 0 amide bonds. The summed E-state index contributed by atoms with van der Waals surface area (Å²) in [5, 5.41) is 0. The van der Waals surface area contributed by atoms with Crippen LogP contribution in [0.1, 0.15) is 39.5 Å². The maximum atomic E-state index is 11.6. The molecular formula is C11H20OS. The van der Waals surface area contributed by atoms with E-state index in [1.807, 2.05) is 11.8 Å². The Morgan fingerprint density at radius 1 is 1.54 bits per heavy atom. The third kappa shape index (κ3) is 4.17. The Morgan fingerprint density at radius 3 is 2.85 bits per heavy atom. The van der Waals surface area contributed by atoms with Crippen molar-refractivity contribution < 1.29 is 4.79 Å². The molecule has 0 aromatic heterocycles. The topological polar surface area (TPSA) is 17.1 Å². The van der Waals surface area contributed by atoms with E-state index in [0.717, 1.165) is 30.9 Å². The molecule has 0 saturated carbocycles. The van der Waals surface area contributed by atoms with E-state index in [4.69, 9.17) is 0 Å². The number of rotatable bonds is 5. The first kappa shape index (κ1) is 11.1. The largest absolute Gasteiger partial charge is 0.299 e. The van der Waals surface area contributed by atoms with E-state index in [1.165, 1.54) is 12.2 Å². The van der Waals surface area contributed by atoms with Crippen LogP contribution in [0.3, 0.4) is 0 Å². The lowest BCUT2D eigenvalue weighted by Crippen LogP contribution is -2.13. The van der Waals surface area contributed by atoms with Crippen molar-refractivity contribution in [3.05, 3.63) is 0 Å². The van der Waals surface area contributed by atoms with Crippen LogP contribution in [0.25, 0.3) is 0 Å². The lowest BCUT2D eigenvalue weighted by atomic mass is 9.97. The minimum absolute atomic E-state index is 0.400. The predicted molar refractivity (Wildman–Crippen MR) is 59.1 cm³/mol. The summed E-state index contributed by atoms with van der Waals surface area (Å²) in [7, 11) is 0. The second-order valence-electron chi connectivity index (χ2n) is 4.31. The summed E-state index contributed by atoms with van der Waals surface area (Å²) in [6.45, 7) is 4.44. The Labute approximate surface area is 85.7 Å². The minimum atomic E-state index is 0.400. The van der Waals surface area contributed by atoms with Gasteiger partial charge < -0.3 is 0 Å². The monoisotopic (exact) mass is 200 g/mol. The number of thioether (sulfide) groups is 1. The van der Waals surface area contributed by atoms with E-state index in [-0.39, 0.29) is 0 Å². The molecule has 0 radical (unpaired) electrons. The van der Waals surface area contributed by atoms with Crippen molar-refractivity contribution in [2.45, 2.75) is 39.5 Å². The lowest BCUT2D eigenvalue weighted by molar-refractivity contribution is -0.122. The molecule has 1 atom stereocenters. The van der Waals surface area contributed by atoms with Crippen LogP contribution in [-0.2, 0) is 4.79 Å². The maximum absolute atomic E-state index is 11.6. The van der Waals surface area contributed by atoms with E-state index < -0.39 is 0 Å². The molecule has 0 aromatic rings. The fourth-order valence-corrected chi connectivity index (χ4v) is 2.93. The zero-order chi connectivity index (χ0) is 9.68. The van der Waals surface area contributed by atoms with E-state index in [9.17, 15) is 4.79 Å². The van der Waals surface area contributed by atoms with Crippen molar-refractivity contribution in [3.63, 3.8) is 0 Å². The molecule has 1 aliphatic heterocycles. The van der Waals surface area contributed by atoms with Crippen molar-refractivity contribution >= 4 is 17.5 Å². The highest BCUT2D eigenvalue weighted by atomic mass is 32.2. The van der Waals surface area contributed by atoms with Crippen LogP contribution in [0.4, 0.5) is 0 Å². The standard InChI is InChI=1S/C11H20OS/c1-9(2)4-3-5-11(12)10-6-7-13-8-10/h9-10H,3-8H2,1-2H3. The van der Waals surface area contributed by atoms with Gasteiger partial charge in [0.15, 0.2) is 0 Å². The Hall–Kier alpha value is 0.0200. The number of Topliss-reactive ketones (excluding diaryl/α,β-unsaturated/α-hetero) is 1. The smallest absolute Gasteiger partial charge is 0.136 e. The zero-order valence-electron chi connectivity index (χ0n) is 8.71. The molecule has 1 rings (SSSR count). The van der Waals surface area contributed by atoms with Crippen LogP contribution < -0.4 is 0 Å². The summed E-state index contributed by atoms with van der Waals surface area (Å²) in [5.41, 5.74) is 0. The second kappa shape index (κ2) is 5.69. The number of carbonyl (C=O) groups excluding carboxylic acids is 1. The van der Waals surface area contributed by atoms with E-state index in [1.54, 1.807) is 0 Å². The van der Waals surface area contributed by atoms with Crippen LogP contribution in [0, 0.1) is 11.8 Å². The molecule has 76 valence electrons. The third-order valence-corrected chi connectivity index (χ3v) is 3.75. The van der Waals surface area contributed by atoms with E-state index in [0.29, 0.717) is 11.7 Å². The maximum Gasteiger partial charge on any atom is 0.136 e. The summed E-state index contributed by atoms with van der Waals surface area (Å²) in [4.78, 5) is 11.6. The third-order valence-electron chi connectivity index (χ3n) is 2.59. The Bertz CT molecular complexity index is 159. The molecule has 0 bridgehead atoms. The van der Waals surface area contributed by atoms with Crippen LogP contribution in [0.15, 0.2) is 0 Å². The van der Waals surface area contributed by atoms with Crippen LogP contribution >= 0.6 is 11.8 Å². The lowest BCUT2D eigenvalue weighted by Gasteiger charge is -2.07. The predicted octanol–water partition coefficient (Wildman–Crippen LogP) is 3.13. The van der Waals surface area contributed by atoms with Gasteiger partial charge in [-0.3, -0.25) is 4.79 Å². The highest BCUT2D eigenvalue weighted by Crippen LogP contribution is 2.25. The SMILES string of the molecule is CC(C)CCCC(=O)C1CCSC1. The van der Waals surface area contributed by atoms with Crippen molar-refractivity contribution in [2.75, 3.05) is 11.5 Å². The van der Waals surface area contributed by atoms with Gasteiger partial charge in [-0.2, -0.15) is 11.8 Å². The van der Waals surface area contributed by atoms with Crippen LogP contribution in [-0.4, -0.2) is 17.3 Å². The molecule has 0 N–H and O–H groups in total. The van der Waals surface area contributed by atoms with Gasteiger partial charge in [-0.15, -0.1) is 0 Å². The van der Waals surface area contributed by atoms with Crippen molar-refractivity contribution in [2.24, 2.45) is 11.8 Å². The van der Waals surface area contributed by atoms with Gasteiger partial charge in [0.2, 0.25) is 0 Å². The van der Waals surface area contributed by atoms with Gasteiger partial charge in [-0.25, -0.2) is 0 Å². The highest BCUT2D eigenvalue weighted by molar-refractivity contribution is 7.99. The zero-order valence-corrected chi connectivity index (χ0v) is 9.53. The highest BCUT2D eigenvalue weighted by Gasteiger charge is 2.22. The summed E-state index contributed by atoms with van der Waals surface area (Å²) < 4.78 is 0. The molecule has 1 heterocycles. The summed E-state index contributed by atoms with van der Waals surface area (Å²) in [6.07, 6.45) is 4.25. The molecule has 1 nitrogen and oxygen atoms in total. The summed E-state index contributed by atoms with van der Waals surface area (Å²) >= 11 is 1.93. The Morgan fingerprint density at radius 2 is 2.31 bits per heavy atom. The molecular weight excluding hydrogens is 180 g/mol. The first-order valence-electron chi connectivity index (χ1n) is 5.30. The van der Waals surface area contributed by atoms with Crippen molar-refractivity contribution in [3.8, 4) is 0 Å². The molecule has 1 unspecified atom stereocenters. The minimum Gasteiger partial charge on any atom is -0.299 e. The summed E-state index contributed by atoms with van der Waals surface area (Å²) in [5.74, 6) is 3.94. The molecule has 1 aliphatic rings. The molecule has 1 fully saturated rings. The van der Waals surface area contributed by atoms with Crippen molar-refractivity contribution in [1.82, 2.24) is 0 Å². The normalized spacial score (nSPS) is 22.5. The average Bonchev–Trinajstić information content (AvgIpc) is 2.55. The first-order valence-corrected chi connectivity index (χ1v) is 6.46. The molecule has 0 spiro atoms. The Kier molecular flexibility index (Phi) is 4.86. The second-order valence-corrected chi connectivity index (χ2v) is 5.46. The van der Waals surface area contributed by atoms with E-state index >= 15 is 0 Å². The van der Waals surface area contributed by atoms with Crippen LogP contribution in [0.5, 0.6) is 0 Å². The van der Waals surface area contributed by atoms with Gasteiger partial charge in [0.25, 0.3) is 0 Å². The van der Waals surface area contributed by atoms with Gasteiger partial charge in [0.1, 0.15) is 5.78 Å². The Balaban J connectivity index is 2.10. The van der Waals surface area contributed by atoms with Gasteiger partial charge in [0.05, 0.1) is 0 Å². The fraction of sp³-hybridized carbons (Fsp3) is 0.909. The molecule has 13 heavy (non-hydrogen) atoms. The molecule has 0 aliphatic carbocycles. The van der Waals surface area contributed by atoms with Gasteiger partial charge >= 0.3 is 0 Å². The van der Waals surface area contributed by atoms with E-state index in [2.05, 4.69) is 13.8 Å². The average molecular weight is 200 g/mol. The number of ketones is 1. The molecule has 0 aromatic carbocycles. The number of hydrogen-bond donors (Lipinski definition) is 0. The number of carbonyl (C=O) groups is 1. The molecule has 1 saturated heterocycles. The van der Waals surface area contributed by atoms with Gasteiger partial charge in [-0.05, 0) is 24.5 Å². The number of hydrogen-bond acceptors (Lipinski definition) is 2. The quantitative estimate of drug-likeness (QED) is 0.678. The van der Waals surface area contributed by atoms with Gasteiger partial charge in [0, 0.05) is 18.1 Å². The summed E-state index contributed by atoms with van der Waals surface area (Å²) in [6, 6.07) is 0.